The zero-order valence-electron chi connectivity index (χ0n) is 14.3. The number of nitrogens with zero attached hydrogens (tertiary/aromatic N) is 1. The second kappa shape index (κ2) is 9.55. The zero-order valence-corrected chi connectivity index (χ0v) is 14.3. The largest absolute Gasteiger partial charge is 0.497 e. The maximum Gasteiger partial charge on any atom is 0.269 e. The number of carbonyl (C=O) groups excluding carboxylic acids is 1. The van der Waals surface area contributed by atoms with Crippen LogP contribution in [0.2, 0.25) is 0 Å². The Morgan fingerprint density at radius 3 is 2.79 bits per heavy atom. The highest BCUT2D eigenvalue weighted by Gasteiger charge is 2.06. The van der Waals surface area contributed by atoms with E-state index < -0.39 is 0 Å². The van der Waals surface area contributed by atoms with Crippen molar-refractivity contribution in [1.29, 1.82) is 0 Å². The third-order valence-corrected chi connectivity index (χ3v) is 3.69. The fourth-order valence-corrected chi connectivity index (χ4v) is 2.28. The summed E-state index contributed by atoms with van der Waals surface area (Å²) in [5.74, 6) is 0.671. The first kappa shape index (κ1) is 17.8. The lowest BCUT2D eigenvalue weighted by Gasteiger charge is -2.08. The molecule has 1 aromatic heterocycles. The number of anilines is 1. The molecule has 2 rings (SSSR count). The minimum atomic E-state index is -0.155. The first-order chi connectivity index (χ1) is 11.7. The van der Waals surface area contributed by atoms with E-state index in [1.165, 1.54) is 0 Å². The lowest BCUT2D eigenvalue weighted by molar-refractivity contribution is 0.0949. The fraction of sp³-hybridized carbons (Fsp3) is 0.368. The molecule has 128 valence electrons. The predicted molar refractivity (Wildman–Crippen MR) is 96.7 cm³/mol. The SMILES string of the molecule is CCCCNc1ccc(C(=O)NCCc2cccc(OC)c2)nc1. The summed E-state index contributed by atoms with van der Waals surface area (Å²) >= 11 is 0. The van der Waals surface area contributed by atoms with Gasteiger partial charge >= 0.3 is 0 Å². The summed E-state index contributed by atoms with van der Waals surface area (Å²) < 4.78 is 5.19. The normalized spacial score (nSPS) is 10.2. The predicted octanol–water partition coefficient (Wildman–Crippen LogP) is 3.27. The molecule has 5 heteroatoms. The number of methoxy groups -OCH3 is 1. The molecular formula is C19H25N3O2. The van der Waals surface area contributed by atoms with Crippen LogP contribution in [0.15, 0.2) is 42.6 Å². The van der Waals surface area contributed by atoms with Gasteiger partial charge in [0.1, 0.15) is 11.4 Å². The van der Waals surface area contributed by atoms with Crippen LogP contribution in [0.5, 0.6) is 5.75 Å². The average molecular weight is 327 g/mol. The lowest BCUT2D eigenvalue weighted by Crippen LogP contribution is -2.26. The molecule has 5 nitrogen and oxygen atoms in total. The van der Waals surface area contributed by atoms with Crippen LogP contribution in [0.1, 0.15) is 35.8 Å². The Labute approximate surface area is 143 Å². The van der Waals surface area contributed by atoms with Crippen molar-refractivity contribution >= 4 is 11.6 Å². The number of ether oxygens (including phenoxy) is 1. The van der Waals surface area contributed by atoms with E-state index in [-0.39, 0.29) is 5.91 Å². The van der Waals surface area contributed by atoms with E-state index in [0.29, 0.717) is 12.2 Å². The maximum absolute atomic E-state index is 12.1. The van der Waals surface area contributed by atoms with Gasteiger partial charge in [-0.1, -0.05) is 25.5 Å². The van der Waals surface area contributed by atoms with Crippen molar-refractivity contribution in [3.05, 3.63) is 53.9 Å². The van der Waals surface area contributed by atoms with Crippen LogP contribution in [0.3, 0.4) is 0 Å². The van der Waals surface area contributed by atoms with Crippen molar-refractivity contribution in [2.75, 3.05) is 25.5 Å². The first-order valence-electron chi connectivity index (χ1n) is 8.34. The number of benzene rings is 1. The standard InChI is InChI=1S/C19H25N3O2/c1-3-4-11-20-16-8-9-18(22-14-16)19(23)21-12-10-15-6-5-7-17(13-15)24-2/h5-9,13-14,20H,3-4,10-12H2,1-2H3,(H,21,23). The number of amides is 1. The van der Waals surface area contributed by atoms with Crippen molar-refractivity contribution in [3.63, 3.8) is 0 Å². The second-order valence-electron chi connectivity index (χ2n) is 5.57. The summed E-state index contributed by atoms with van der Waals surface area (Å²) in [6.45, 7) is 3.63. The monoisotopic (exact) mass is 327 g/mol. The quantitative estimate of drug-likeness (QED) is 0.694. The number of pyridine rings is 1. The topological polar surface area (TPSA) is 63.2 Å². The maximum atomic E-state index is 12.1. The smallest absolute Gasteiger partial charge is 0.269 e. The number of nitrogens with one attached hydrogen (secondary N) is 2. The average Bonchev–Trinajstić information content (AvgIpc) is 2.62. The van der Waals surface area contributed by atoms with E-state index in [9.17, 15) is 4.79 Å². The van der Waals surface area contributed by atoms with Gasteiger partial charge in [0.15, 0.2) is 0 Å². The van der Waals surface area contributed by atoms with E-state index >= 15 is 0 Å². The van der Waals surface area contributed by atoms with Gasteiger partial charge in [0.25, 0.3) is 5.91 Å². The summed E-state index contributed by atoms with van der Waals surface area (Å²) in [6.07, 6.45) is 4.72. The van der Waals surface area contributed by atoms with Gasteiger partial charge in [-0.15, -0.1) is 0 Å². The molecule has 0 aliphatic heterocycles. The molecular weight excluding hydrogens is 302 g/mol. The number of carbonyl (C=O) groups is 1. The molecule has 0 aliphatic rings. The van der Waals surface area contributed by atoms with Gasteiger partial charge in [-0.25, -0.2) is 4.98 Å². The summed E-state index contributed by atoms with van der Waals surface area (Å²) in [4.78, 5) is 16.3. The van der Waals surface area contributed by atoms with Gasteiger partial charge in [0.2, 0.25) is 0 Å². The van der Waals surface area contributed by atoms with Gasteiger partial charge in [0, 0.05) is 13.1 Å². The summed E-state index contributed by atoms with van der Waals surface area (Å²) in [7, 11) is 1.65. The van der Waals surface area contributed by atoms with Crippen LogP contribution in [-0.2, 0) is 6.42 Å². The van der Waals surface area contributed by atoms with Gasteiger partial charge in [-0.2, -0.15) is 0 Å². The van der Waals surface area contributed by atoms with Crippen LogP contribution < -0.4 is 15.4 Å². The Morgan fingerprint density at radius 2 is 2.08 bits per heavy atom. The van der Waals surface area contributed by atoms with Gasteiger partial charge < -0.3 is 15.4 Å². The number of aromatic nitrogens is 1. The second-order valence-corrected chi connectivity index (χ2v) is 5.57. The van der Waals surface area contributed by atoms with Crippen LogP contribution in [0.25, 0.3) is 0 Å². The lowest BCUT2D eigenvalue weighted by atomic mass is 10.1. The van der Waals surface area contributed by atoms with Crippen molar-refractivity contribution in [1.82, 2.24) is 10.3 Å². The number of unbranched alkanes of at least 4 members (excludes halogenated alkanes) is 1. The summed E-state index contributed by atoms with van der Waals surface area (Å²) in [5, 5.41) is 6.18. The molecule has 0 radical (unpaired) electrons. The minimum absolute atomic E-state index is 0.155. The van der Waals surface area contributed by atoms with E-state index in [4.69, 9.17) is 4.74 Å². The first-order valence-corrected chi connectivity index (χ1v) is 8.34. The molecule has 0 saturated carbocycles. The van der Waals surface area contributed by atoms with E-state index in [1.54, 1.807) is 19.4 Å². The third kappa shape index (κ3) is 5.57. The molecule has 1 heterocycles. The molecule has 1 amide bonds. The Balaban J connectivity index is 1.79. The van der Waals surface area contributed by atoms with Crippen molar-refractivity contribution in [2.24, 2.45) is 0 Å². The third-order valence-electron chi connectivity index (χ3n) is 3.69. The summed E-state index contributed by atoms with van der Waals surface area (Å²) in [5.41, 5.74) is 2.50. The van der Waals surface area contributed by atoms with Gasteiger partial charge in [0.05, 0.1) is 19.0 Å². The van der Waals surface area contributed by atoms with Crippen molar-refractivity contribution < 1.29 is 9.53 Å². The number of hydrogen-bond donors (Lipinski definition) is 2. The molecule has 24 heavy (non-hydrogen) atoms. The fourth-order valence-electron chi connectivity index (χ4n) is 2.28. The number of rotatable bonds is 9. The van der Waals surface area contributed by atoms with Crippen molar-refractivity contribution in [3.8, 4) is 5.75 Å². The van der Waals surface area contributed by atoms with Crippen LogP contribution in [0.4, 0.5) is 5.69 Å². The van der Waals surface area contributed by atoms with Crippen LogP contribution >= 0.6 is 0 Å². The minimum Gasteiger partial charge on any atom is -0.497 e. The molecule has 0 fully saturated rings. The Kier molecular flexibility index (Phi) is 7.08. The van der Waals surface area contributed by atoms with Crippen LogP contribution in [-0.4, -0.2) is 31.1 Å². The molecule has 0 aliphatic carbocycles. The van der Waals surface area contributed by atoms with Crippen molar-refractivity contribution in [2.45, 2.75) is 26.2 Å². The molecule has 0 atom stereocenters. The number of hydrogen-bond acceptors (Lipinski definition) is 4. The van der Waals surface area contributed by atoms with Crippen LogP contribution in [0, 0.1) is 0 Å². The highest BCUT2D eigenvalue weighted by molar-refractivity contribution is 5.92. The molecule has 0 saturated heterocycles. The molecule has 0 spiro atoms. The summed E-state index contributed by atoms with van der Waals surface area (Å²) in [6, 6.07) is 11.5. The highest BCUT2D eigenvalue weighted by Crippen LogP contribution is 2.12. The molecule has 2 N–H and O–H groups in total. The van der Waals surface area contributed by atoms with E-state index in [1.807, 2.05) is 30.3 Å². The molecule has 0 unspecified atom stereocenters. The zero-order chi connectivity index (χ0) is 17.2. The van der Waals surface area contributed by atoms with Gasteiger partial charge in [-0.3, -0.25) is 4.79 Å². The highest BCUT2D eigenvalue weighted by atomic mass is 16.5. The van der Waals surface area contributed by atoms with E-state index in [0.717, 1.165) is 42.8 Å². The Bertz CT molecular complexity index is 641. The Hall–Kier alpha value is -2.56. The van der Waals surface area contributed by atoms with Gasteiger partial charge in [-0.05, 0) is 42.7 Å². The molecule has 1 aromatic carbocycles. The molecule has 0 bridgehead atoms. The van der Waals surface area contributed by atoms with E-state index in [2.05, 4.69) is 22.5 Å². The molecule has 2 aromatic rings. The Morgan fingerprint density at radius 1 is 1.21 bits per heavy atom.